The fraction of sp³-hybridized carbons (Fsp3) is 0.111. The Hall–Kier alpha value is -3.10. The molecule has 2 aromatic rings. The summed E-state index contributed by atoms with van der Waals surface area (Å²) < 4.78 is 0. The van der Waals surface area contributed by atoms with Crippen LogP contribution in [0.15, 0.2) is 48.5 Å². The first-order chi connectivity index (χ1) is 12.3. The van der Waals surface area contributed by atoms with E-state index in [0.717, 1.165) is 11.1 Å². The number of rotatable bonds is 5. The van der Waals surface area contributed by atoms with Crippen LogP contribution in [0.1, 0.15) is 31.8 Å². The molecule has 0 saturated heterocycles. The zero-order valence-electron chi connectivity index (χ0n) is 14.9. The lowest BCUT2D eigenvalue weighted by Crippen LogP contribution is -3.00. The predicted octanol–water partition coefficient (Wildman–Crippen LogP) is -9.53. The number of nitrogens with one attached hydrogen (secondary N) is 2. The van der Waals surface area contributed by atoms with E-state index in [2.05, 4.69) is 9.98 Å². The third-order valence-corrected chi connectivity index (χ3v) is 3.60. The second kappa shape index (κ2) is 11.6. The Kier molecular flexibility index (Phi) is 10.3. The van der Waals surface area contributed by atoms with Gasteiger partial charge >= 0.3 is 23.7 Å². The van der Waals surface area contributed by atoms with Gasteiger partial charge in [0.1, 0.15) is 0 Å². The molecule has 0 spiro atoms. The highest BCUT2D eigenvalue weighted by Crippen LogP contribution is 2.11. The van der Waals surface area contributed by atoms with E-state index in [1.807, 2.05) is 12.1 Å². The highest BCUT2D eigenvalue weighted by Gasteiger charge is 2.09. The van der Waals surface area contributed by atoms with Crippen molar-refractivity contribution in [2.45, 2.75) is 12.8 Å². The maximum absolute atomic E-state index is 11.9. The molecule has 10 N–H and O–H groups in total. The molecule has 0 aliphatic rings. The van der Waals surface area contributed by atoms with Crippen molar-refractivity contribution in [1.82, 2.24) is 0 Å². The predicted molar refractivity (Wildman–Crippen MR) is 97.6 cm³/mol. The standard InChI is InChI=1S/C18H20N6O2.2ClH/c19-17(20)23-15(25)13-5-1-3-11(9-13)7-8-12-4-2-6-14(10-12)16(26)24-18(21)22;;/h1-6,9-10H,7-8H2,(H4,19,20,23,25)(H4,21,22,24,26);2*1H. The Balaban J connectivity index is 0.00000364. The van der Waals surface area contributed by atoms with Crippen LogP contribution in [0.3, 0.4) is 0 Å². The van der Waals surface area contributed by atoms with E-state index in [9.17, 15) is 9.59 Å². The van der Waals surface area contributed by atoms with Crippen molar-refractivity contribution in [3.8, 4) is 0 Å². The molecule has 0 heterocycles. The average Bonchev–Trinajstić information content (AvgIpc) is 2.59. The number of guanidine groups is 2. The summed E-state index contributed by atoms with van der Waals surface area (Å²) in [6.45, 7) is 0. The van der Waals surface area contributed by atoms with Gasteiger partial charge < -0.3 is 24.8 Å². The van der Waals surface area contributed by atoms with Crippen molar-refractivity contribution in [2.24, 2.45) is 22.9 Å². The van der Waals surface area contributed by atoms with E-state index in [1.165, 1.54) is 0 Å². The van der Waals surface area contributed by atoms with Crippen molar-refractivity contribution in [2.75, 3.05) is 0 Å². The highest BCUT2D eigenvalue weighted by molar-refractivity contribution is 5.90. The van der Waals surface area contributed by atoms with Crippen LogP contribution in [0, 0.1) is 0 Å². The smallest absolute Gasteiger partial charge is 0.346 e. The number of carbonyl (C=O) groups excluding carboxylic acids is 2. The molecular weight excluding hydrogens is 403 g/mol. The first-order valence-electron chi connectivity index (χ1n) is 7.91. The molecule has 0 aliphatic heterocycles. The van der Waals surface area contributed by atoms with Crippen LogP contribution >= 0.6 is 0 Å². The lowest BCUT2D eigenvalue weighted by atomic mass is 10.0. The third-order valence-electron chi connectivity index (χ3n) is 3.60. The van der Waals surface area contributed by atoms with Gasteiger partial charge in [-0.05, 0) is 48.2 Å². The summed E-state index contributed by atoms with van der Waals surface area (Å²) >= 11 is 0. The van der Waals surface area contributed by atoms with E-state index in [1.54, 1.807) is 36.4 Å². The second-order valence-corrected chi connectivity index (χ2v) is 5.72. The lowest BCUT2D eigenvalue weighted by Gasteiger charge is -2.05. The van der Waals surface area contributed by atoms with Gasteiger partial charge in [0.05, 0.1) is 11.1 Å². The minimum atomic E-state index is -0.360. The summed E-state index contributed by atoms with van der Waals surface area (Å²) in [5.74, 6) is -1.01. The van der Waals surface area contributed by atoms with Gasteiger partial charge in [-0.3, -0.25) is 32.5 Å². The van der Waals surface area contributed by atoms with Crippen LogP contribution in [-0.4, -0.2) is 23.7 Å². The molecule has 0 aliphatic carbocycles. The van der Waals surface area contributed by atoms with Crippen molar-refractivity contribution in [1.29, 1.82) is 0 Å². The number of aryl methyl sites for hydroxylation is 2. The van der Waals surface area contributed by atoms with E-state index < -0.39 is 0 Å². The van der Waals surface area contributed by atoms with Gasteiger partial charge in [-0.15, -0.1) is 0 Å². The second-order valence-electron chi connectivity index (χ2n) is 5.72. The Morgan fingerprint density at radius 3 is 1.36 bits per heavy atom. The van der Waals surface area contributed by atoms with Gasteiger partial charge in [0.15, 0.2) is 0 Å². The number of nitrogens with two attached hydrogens (primary N) is 4. The molecule has 0 saturated carbocycles. The number of benzene rings is 2. The largest absolute Gasteiger partial charge is 1.00 e. The Morgan fingerprint density at radius 1 is 0.679 bits per heavy atom. The summed E-state index contributed by atoms with van der Waals surface area (Å²) in [7, 11) is 0. The van der Waals surface area contributed by atoms with E-state index in [-0.39, 0.29) is 48.5 Å². The number of carbonyl (C=O) groups is 2. The van der Waals surface area contributed by atoms with Crippen LogP contribution in [0.25, 0.3) is 0 Å². The van der Waals surface area contributed by atoms with Crippen LogP contribution < -0.4 is 57.7 Å². The maximum atomic E-state index is 11.9. The normalized spacial score (nSPS) is 9.29. The molecule has 2 amide bonds. The molecule has 0 fully saturated rings. The summed E-state index contributed by atoms with van der Waals surface area (Å²) in [5.41, 5.74) is 24.0. The zero-order valence-corrected chi connectivity index (χ0v) is 16.4. The van der Waals surface area contributed by atoms with Gasteiger partial charge in [0.2, 0.25) is 0 Å². The van der Waals surface area contributed by atoms with Gasteiger partial charge in [0.25, 0.3) is 0 Å². The van der Waals surface area contributed by atoms with E-state index in [0.29, 0.717) is 24.0 Å². The number of hydrogen-bond acceptors (Lipinski definition) is 2. The Labute approximate surface area is 174 Å². The van der Waals surface area contributed by atoms with Crippen LogP contribution in [0.2, 0.25) is 0 Å². The molecular formula is C18H22Cl2N6O2. The number of halogens is 2. The third kappa shape index (κ3) is 7.65. The van der Waals surface area contributed by atoms with E-state index >= 15 is 0 Å². The summed E-state index contributed by atoms with van der Waals surface area (Å²) in [6, 6.07) is 14.3. The van der Waals surface area contributed by atoms with Crippen molar-refractivity contribution in [3.05, 3.63) is 70.8 Å². The Morgan fingerprint density at radius 2 is 1.04 bits per heavy atom. The summed E-state index contributed by atoms with van der Waals surface area (Å²) in [4.78, 5) is 28.6. The van der Waals surface area contributed by atoms with Crippen LogP contribution in [0.4, 0.5) is 0 Å². The van der Waals surface area contributed by atoms with Crippen LogP contribution in [-0.2, 0) is 12.8 Å². The quantitative estimate of drug-likeness (QED) is 0.206. The lowest BCUT2D eigenvalue weighted by molar-refractivity contribution is -0.348. The van der Waals surface area contributed by atoms with Gasteiger partial charge in [-0.1, -0.05) is 24.3 Å². The average molecular weight is 425 g/mol. The molecule has 10 heteroatoms. The molecule has 0 atom stereocenters. The maximum Gasteiger partial charge on any atom is 0.346 e. The first-order valence-corrected chi connectivity index (χ1v) is 7.91. The molecule has 2 aromatic carbocycles. The SMILES string of the molecule is NC(N)=[NH+]C(=O)c1cccc(CCc2cccc(C(=O)[NH+]=C(N)N)c2)c1.[Cl-].[Cl-]. The minimum Gasteiger partial charge on any atom is -1.00 e. The molecule has 28 heavy (non-hydrogen) atoms. The highest BCUT2D eigenvalue weighted by atomic mass is 35.5. The fourth-order valence-electron chi connectivity index (χ4n) is 2.43. The van der Waals surface area contributed by atoms with Crippen molar-refractivity contribution < 1.29 is 44.4 Å². The monoisotopic (exact) mass is 424 g/mol. The molecule has 2 rings (SSSR count). The molecule has 8 nitrogen and oxygen atoms in total. The number of amides is 2. The zero-order chi connectivity index (χ0) is 19.1. The summed E-state index contributed by atoms with van der Waals surface area (Å²) in [6.07, 6.45) is 1.39. The van der Waals surface area contributed by atoms with Gasteiger partial charge in [-0.25, -0.2) is 9.98 Å². The van der Waals surface area contributed by atoms with Crippen molar-refractivity contribution >= 4 is 23.7 Å². The molecule has 0 bridgehead atoms. The summed E-state index contributed by atoms with van der Waals surface area (Å²) in [5, 5.41) is 0. The molecule has 0 radical (unpaired) electrons. The molecule has 0 unspecified atom stereocenters. The molecule has 0 aromatic heterocycles. The van der Waals surface area contributed by atoms with Crippen LogP contribution in [0.5, 0.6) is 0 Å². The number of hydrogen-bond donors (Lipinski definition) is 6. The Bertz CT molecular complexity index is 818. The van der Waals surface area contributed by atoms with E-state index in [4.69, 9.17) is 22.9 Å². The first kappa shape index (κ1) is 24.9. The minimum absolute atomic E-state index is 0. The fourth-order valence-corrected chi connectivity index (χ4v) is 2.43. The van der Waals surface area contributed by atoms with Gasteiger partial charge in [0, 0.05) is 0 Å². The molecule has 150 valence electrons. The van der Waals surface area contributed by atoms with Crippen molar-refractivity contribution in [3.63, 3.8) is 0 Å². The van der Waals surface area contributed by atoms with Gasteiger partial charge in [-0.2, -0.15) is 0 Å². The topological polar surface area (TPSA) is 166 Å².